The molecule has 0 aromatic heterocycles. The van der Waals surface area contributed by atoms with E-state index in [4.69, 9.17) is 0 Å². The molecule has 0 aromatic rings. The van der Waals surface area contributed by atoms with Crippen molar-refractivity contribution in [2.45, 2.75) is 32.2 Å². The number of nitrogens with one attached hydrogen (secondary N) is 1. The highest BCUT2D eigenvalue weighted by Gasteiger charge is 2.19. The summed E-state index contributed by atoms with van der Waals surface area (Å²) >= 11 is 0. The van der Waals surface area contributed by atoms with Crippen molar-refractivity contribution in [2.75, 3.05) is 46.8 Å². The molecule has 1 saturated heterocycles. The van der Waals surface area contributed by atoms with Crippen LogP contribution in [0.4, 0.5) is 0 Å². The van der Waals surface area contributed by atoms with Gasteiger partial charge < -0.3 is 15.1 Å². The van der Waals surface area contributed by atoms with Gasteiger partial charge in [0.25, 0.3) is 0 Å². The average molecular weight is 213 g/mol. The minimum Gasteiger partial charge on any atom is -0.317 e. The minimum absolute atomic E-state index is 0.815. The van der Waals surface area contributed by atoms with Crippen LogP contribution in [0.3, 0.4) is 0 Å². The highest BCUT2D eigenvalue weighted by Crippen LogP contribution is 2.13. The van der Waals surface area contributed by atoms with E-state index in [9.17, 15) is 0 Å². The zero-order valence-corrected chi connectivity index (χ0v) is 10.6. The topological polar surface area (TPSA) is 18.5 Å². The number of hydrogen-bond acceptors (Lipinski definition) is 3. The quantitative estimate of drug-likeness (QED) is 0.664. The Morgan fingerprint density at radius 1 is 1.27 bits per heavy atom. The van der Waals surface area contributed by atoms with Crippen LogP contribution >= 0.6 is 0 Å². The lowest BCUT2D eigenvalue weighted by Crippen LogP contribution is -2.42. The van der Waals surface area contributed by atoms with Crippen LogP contribution in [-0.2, 0) is 0 Å². The Morgan fingerprint density at radius 3 is 2.47 bits per heavy atom. The van der Waals surface area contributed by atoms with Crippen molar-refractivity contribution in [1.29, 1.82) is 0 Å². The fourth-order valence-electron chi connectivity index (χ4n) is 2.26. The Balaban J connectivity index is 2.04. The van der Waals surface area contributed by atoms with Crippen LogP contribution in [0.1, 0.15) is 26.2 Å². The molecule has 1 rings (SSSR count). The van der Waals surface area contributed by atoms with Crippen molar-refractivity contribution >= 4 is 0 Å². The van der Waals surface area contributed by atoms with Crippen LogP contribution in [0.25, 0.3) is 0 Å². The number of hydrogen-bond donors (Lipinski definition) is 1. The first-order valence-electron chi connectivity index (χ1n) is 6.33. The summed E-state index contributed by atoms with van der Waals surface area (Å²) in [5, 5.41) is 3.38. The van der Waals surface area contributed by atoms with Gasteiger partial charge in [-0.2, -0.15) is 0 Å². The Morgan fingerprint density at radius 2 is 1.93 bits per heavy atom. The maximum Gasteiger partial charge on any atom is 0.0113 e. The van der Waals surface area contributed by atoms with Crippen molar-refractivity contribution in [1.82, 2.24) is 15.1 Å². The molecule has 0 amide bonds. The molecule has 0 bridgehead atoms. The molecule has 15 heavy (non-hydrogen) atoms. The van der Waals surface area contributed by atoms with Crippen LogP contribution in [0, 0.1) is 0 Å². The summed E-state index contributed by atoms with van der Waals surface area (Å²) < 4.78 is 0. The molecule has 1 aliphatic rings. The molecule has 1 fully saturated rings. The standard InChI is InChI=1S/C12H27N3/c1-4-13-8-5-9-15-10-6-12(7-11-15)14(2)3/h12-13H,4-11H2,1-3H3. The van der Waals surface area contributed by atoms with Gasteiger partial charge in [0, 0.05) is 6.04 Å². The van der Waals surface area contributed by atoms with Crippen LogP contribution < -0.4 is 5.32 Å². The van der Waals surface area contributed by atoms with Crippen LogP contribution in [0.15, 0.2) is 0 Å². The summed E-state index contributed by atoms with van der Waals surface area (Å²) in [6, 6.07) is 0.815. The van der Waals surface area contributed by atoms with Gasteiger partial charge in [0.15, 0.2) is 0 Å². The molecular formula is C12H27N3. The number of rotatable bonds is 6. The molecule has 0 unspecified atom stereocenters. The van der Waals surface area contributed by atoms with Gasteiger partial charge in [-0.05, 0) is 66.1 Å². The van der Waals surface area contributed by atoms with Crippen molar-refractivity contribution in [2.24, 2.45) is 0 Å². The van der Waals surface area contributed by atoms with Crippen LogP contribution in [-0.4, -0.2) is 62.7 Å². The highest BCUT2D eigenvalue weighted by atomic mass is 15.2. The van der Waals surface area contributed by atoms with E-state index in [1.54, 1.807) is 0 Å². The average Bonchev–Trinajstić information content (AvgIpc) is 2.25. The summed E-state index contributed by atoms with van der Waals surface area (Å²) in [6.45, 7) is 8.28. The summed E-state index contributed by atoms with van der Waals surface area (Å²) in [5.41, 5.74) is 0. The van der Waals surface area contributed by atoms with Crippen LogP contribution in [0.5, 0.6) is 0 Å². The first-order valence-corrected chi connectivity index (χ1v) is 6.33. The van der Waals surface area contributed by atoms with Crippen molar-refractivity contribution in [3.63, 3.8) is 0 Å². The predicted molar refractivity (Wildman–Crippen MR) is 66.3 cm³/mol. The third-order valence-corrected chi connectivity index (χ3v) is 3.37. The highest BCUT2D eigenvalue weighted by molar-refractivity contribution is 4.76. The Kier molecular flexibility index (Phi) is 6.22. The van der Waals surface area contributed by atoms with E-state index in [2.05, 4.69) is 36.1 Å². The lowest BCUT2D eigenvalue weighted by Gasteiger charge is -2.35. The van der Waals surface area contributed by atoms with Crippen molar-refractivity contribution in [3.8, 4) is 0 Å². The van der Waals surface area contributed by atoms with E-state index in [0.717, 1.165) is 12.6 Å². The third-order valence-electron chi connectivity index (χ3n) is 3.37. The molecule has 1 aliphatic heterocycles. The molecule has 0 aromatic carbocycles. The molecule has 1 heterocycles. The molecule has 0 radical (unpaired) electrons. The van der Waals surface area contributed by atoms with Gasteiger partial charge in [-0.25, -0.2) is 0 Å². The fourth-order valence-corrected chi connectivity index (χ4v) is 2.26. The Bertz CT molecular complexity index is 151. The Hall–Kier alpha value is -0.120. The molecule has 3 heteroatoms. The molecule has 3 nitrogen and oxygen atoms in total. The van der Waals surface area contributed by atoms with E-state index in [1.807, 2.05) is 0 Å². The lowest BCUT2D eigenvalue weighted by atomic mass is 10.0. The van der Waals surface area contributed by atoms with Crippen LogP contribution in [0.2, 0.25) is 0 Å². The van der Waals surface area contributed by atoms with Gasteiger partial charge in [-0.15, -0.1) is 0 Å². The first kappa shape index (κ1) is 12.9. The van der Waals surface area contributed by atoms with Gasteiger partial charge in [0.05, 0.1) is 0 Å². The minimum atomic E-state index is 0.815. The van der Waals surface area contributed by atoms with Gasteiger partial charge in [0.1, 0.15) is 0 Å². The normalized spacial score (nSPS) is 20.0. The summed E-state index contributed by atoms with van der Waals surface area (Å²) in [4.78, 5) is 4.98. The Labute approximate surface area is 94.8 Å². The van der Waals surface area contributed by atoms with E-state index in [-0.39, 0.29) is 0 Å². The van der Waals surface area contributed by atoms with Gasteiger partial charge in [0.2, 0.25) is 0 Å². The maximum atomic E-state index is 3.38. The SMILES string of the molecule is CCNCCCN1CCC(N(C)C)CC1. The molecule has 0 spiro atoms. The smallest absolute Gasteiger partial charge is 0.0113 e. The lowest BCUT2D eigenvalue weighted by molar-refractivity contribution is 0.144. The fraction of sp³-hybridized carbons (Fsp3) is 1.00. The molecule has 0 aliphatic carbocycles. The number of likely N-dealkylation sites (tertiary alicyclic amines) is 1. The van der Waals surface area contributed by atoms with Crippen molar-refractivity contribution in [3.05, 3.63) is 0 Å². The molecular weight excluding hydrogens is 186 g/mol. The maximum absolute atomic E-state index is 3.38. The summed E-state index contributed by atoms with van der Waals surface area (Å²) in [5.74, 6) is 0. The molecule has 0 atom stereocenters. The predicted octanol–water partition coefficient (Wildman–Crippen LogP) is 1.01. The second kappa shape index (κ2) is 7.20. The second-order valence-electron chi connectivity index (χ2n) is 4.74. The van der Waals surface area contributed by atoms with Crippen molar-refractivity contribution < 1.29 is 0 Å². The summed E-state index contributed by atoms with van der Waals surface area (Å²) in [6.07, 6.45) is 3.98. The van der Waals surface area contributed by atoms with Gasteiger partial charge in [-0.3, -0.25) is 0 Å². The molecule has 90 valence electrons. The third kappa shape index (κ3) is 4.96. The van der Waals surface area contributed by atoms with E-state index >= 15 is 0 Å². The van der Waals surface area contributed by atoms with E-state index in [1.165, 1.54) is 45.4 Å². The van der Waals surface area contributed by atoms with E-state index < -0.39 is 0 Å². The number of piperidine rings is 1. The summed E-state index contributed by atoms with van der Waals surface area (Å²) in [7, 11) is 4.40. The zero-order chi connectivity index (χ0) is 11.1. The van der Waals surface area contributed by atoms with Gasteiger partial charge in [-0.1, -0.05) is 6.92 Å². The van der Waals surface area contributed by atoms with Gasteiger partial charge >= 0.3 is 0 Å². The zero-order valence-electron chi connectivity index (χ0n) is 10.6. The molecule has 0 saturated carbocycles. The number of nitrogens with zero attached hydrogens (tertiary/aromatic N) is 2. The van der Waals surface area contributed by atoms with E-state index in [0.29, 0.717) is 0 Å². The molecule has 1 N–H and O–H groups in total. The second-order valence-corrected chi connectivity index (χ2v) is 4.74. The monoisotopic (exact) mass is 213 g/mol. The first-order chi connectivity index (χ1) is 7.24. The largest absolute Gasteiger partial charge is 0.317 e.